The normalized spacial score (nSPS) is 11.8. The van der Waals surface area contributed by atoms with Crippen LogP contribution in [0.15, 0.2) is 66.2 Å². The van der Waals surface area contributed by atoms with E-state index in [4.69, 9.17) is 15.5 Å². The smallest absolute Gasteiger partial charge is 0.321 e. The Labute approximate surface area is 287 Å². The number of ether oxygens (including phenoxy) is 1. The Morgan fingerprint density at radius 2 is 1.72 bits per heavy atom. The number of hydrogen-bond donors (Lipinski definition) is 3. The van der Waals surface area contributed by atoms with Crippen molar-refractivity contribution in [2.75, 3.05) is 44.3 Å². The number of aliphatic imine (C=N–C) groups is 1. The van der Waals surface area contributed by atoms with Crippen LogP contribution in [0.5, 0.6) is 5.75 Å². The van der Waals surface area contributed by atoms with Crippen LogP contribution in [-0.2, 0) is 0 Å². The van der Waals surface area contributed by atoms with Gasteiger partial charge in [0.1, 0.15) is 11.6 Å². The number of nitrogens with zero attached hydrogens (tertiary/aromatic N) is 3. The van der Waals surface area contributed by atoms with E-state index in [1.54, 1.807) is 7.11 Å². The number of thiazole rings is 1. The summed E-state index contributed by atoms with van der Waals surface area (Å²) in [6.07, 6.45) is 8.59. The molecule has 0 spiro atoms. The van der Waals surface area contributed by atoms with Gasteiger partial charge in [-0.05, 0) is 76.5 Å². The standard InChI is InChI=1S/C26H38N6OS.C10H12O.C2H6/c1-4-6-15-32(16-7-5-2)17-9-14-28-25(33)31-26-30-24(27)23(34-26)22-13-12-21(29-22)20-11-8-10-19(3)18-20;1-8(2)9-5-4-6-10(7-9)11-3;1-2/h8,10-12,18H,4-7,9,13-17,27H2,1-3H3,(H2,28,30,31,33);4-7H,1H2,2-3H3;1-2H3. The van der Waals surface area contributed by atoms with Crippen molar-refractivity contribution in [3.8, 4) is 5.75 Å². The van der Waals surface area contributed by atoms with Crippen LogP contribution in [0.1, 0.15) is 94.7 Å². The van der Waals surface area contributed by atoms with Crippen molar-refractivity contribution in [1.29, 1.82) is 0 Å². The zero-order valence-electron chi connectivity index (χ0n) is 29.6. The molecule has 0 atom stereocenters. The van der Waals surface area contributed by atoms with Crippen LogP contribution in [0.25, 0.3) is 11.3 Å². The summed E-state index contributed by atoms with van der Waals surface area (Å²) in [5, 5.41) is 6.25. The number of nitrogens with one attached hydrogen (secondary N) is 2. The molecule has 0 saturated heterocycles. The minimum Gasteiger partial charge on any atom is -0.497 e. The first-order valence-electron chi connectivity index (χ1n) is 16.9. The summed E-state index contributed by atoms with van der Waals surface area (Å²) in [6, 6.07) is 15.9. The number of nitrogens with two attached hydrogens (primary N) is 1. The number of hydrogen-bond acceptors (Lipinski definition) is 7. The molecule has 2 heterocycles. The van der Waals surface area contributed by atoms with E-state index in [0.29, 0.717) is 23.9 Å². The summed E-state index contributed by atoms with van der Waals surface area (Å²) in [7, 11) is 1.66. The molecule has 256 valence electrons. The van der Waals surface area contributed by atoms with Crippen LogP contribution in [0.2, 0.25) is 0 Å². The first-order valence-corrected chi connectivity index (χ1v) is 17.7. The lowest BCUT2D eigenvalue weighted by Gasteiger charge is -2.21. The fourth-order valence-corrected chi connectivity index (χ4v) is 5.66. The maximum Gasteiger partial charge on any atom is 0.321 e. The van der Waals surface area contributed by atoms with Crippen LogP contribution >= 0.6 is 11.3 Å². The second kappa shape index (κ2) is 21.8. The zero-order valence-corrected chi connectivity index (χ0v) is 30.4. The van der Waals surface area contributed by atoms with Gasteiger partial charge >= 0.3 is 6.03 Å². The monoisotopic (exact) mass is 660 g/mol. The lowest BCUT2D eigenvalue weighted by Crippen LogP contribution is -2.33. The Morgan fingerprint density at radius 1 is 1.04 bits per heavy atom. The van der Waals surface area contributed by atoms with Crippen molar-refractivity contribution >= 4 is 45.3 Å². The van der Waals surface area contributed by atoms with Gasteiger partial charge in [-0.1, -0.05) is 106 Å². The first-order chi connectivity index (χ1) is 22.7. The molecule has 1 aliphatic rings. The highest BCUT2D eigenvalue weighted by Crippen LogP contribution is 2.32. The number of aryl methyl sites for hydroxylation is 1. The highest BCUT2D eigenvalue weighted by atomic mass is 32.1. The van der Waals surface area contributed by atoms with Gasteiger partial charge in [0.25, 0.3) is 0 Å². The third-order valence-corrected chi connectivity index (χ3v) is 8.38. The lowest BCUT2D eigenvalue weighted by atomic mass is 10.1. The van der Waals surface area contributed by atoms with Gasteiger partial charge in [-0.15, -0.1) is 0 Å². The van der Waals surface area contributed by atoms with Gasteiger partial charge in [0.05, 0.1) is 23.4 Å². The summed E-state index contributed by atoms with van der Waals surface area (Å²) >= 11 is 1.37. The molecule has 0 fully saturated rings. The molecule has 0 aliphatic carbocycles. The van der Waals surface area contributed by atoms with Crippen LogP contribution in [0.3, 0.4) is 0 Å². The van der Waals surface area contributed by atoms with Gasteiger partial charge in [0.2, 0.25) is 0 Å². The van der Waals surface area contributed by atoms with E-state index < -0.39 is 0 Å². The summed E-state index contributed by atoms with van der Waals surface area (Å²) in [5.74, 6) is 1.28. The number of rotatable bonds is 15. The first kappa shape index (κ1) is 39.2. The zero-order chi connectivity index (χ0) is 34.6. The van der Waals surface area contributed by atoms with Crippen LogP contribution in [-0.4, -0.2) is 54.9 Å². The Hall–Kier alpha value is -3.95. The molecule has 8 nitrogen and oxygen atoms in total. The topological polar surface area (TPSA) is 105 Å². The predicted octanol–water partition coefficient (Wildman–Crippen LogP) is 9.44. The number of unbranched alkanes of at least 4 members (excludes halogenated alkanes) is 2. The average molecular weight is 661 g/mol. The number of amides is 2. The fourth-order valence-electron chi connectivity index (χ4n) is 4.79. The molecule has 0 unspecified atom stereocenters. The number of benzene rings is 2. The maximum absolute atomic E-state index is 12.4. The molecule has 9 heteroatoms. The molecule has 4 rings (SSSR count). The van der Waals surface area contributed by atoms with Crippen molar-refractivity contribution in [2.24, 2.45) is 4.99 Å². The lowest BCUT2D eigenvalue weighted by molar-refractivity contribution is 0.246. The van der Waals surface area contributed by atoms with E-state index in [1.807, 2.05) is 51.1 Å². The predicted molar refractivity (Wildman–Crippen MR) is 204 cm³/mol. The van der Waals surface area contributed by atoms with Gasteiger partial charge < -0.3 is 20.7 Å². The van der Waals surface area contributed by atoms with Crippen LogP contribution < -0.4 is 21.1 Å². The number of methoxy groups -OCH3 is 1. The highest BCUT2D eigenvalue weighted by molar-refractivity contribution is 7.18. The number of allylic oxidation sites excluding steroid dienone is 2. The molecule has 1 aliphatic heterocycles. The van der Waals surface area contributed by atoms with Crippen molar-refractivity contribution in [1.82, 2.24) is 15.2 Å². The number of carbonyl (C=O) groups excluding carboxylic acids is 1. The van der Waals surface area contributed by atoms with E-state index in [1.165, 1.54) is 42.6 Å². The van der Waals surface area contributed by atoms with Gasteiger partial charge in [-0.2, -0.15) is 0 Å². The van der Waals surface area contributed by atoms with Crippen molar-refractivity contribution in [3.63, 3.8) is 0 Å². The quantitative estimate of drug-likeness (QED) is 0.141. The minimum atomic E-state index is -0.249. The van der Waals surface area contributed by atoms with Crippen LogP contribution in [0.4, 0.5) is 15.7 Å². The molecular weight excluding hydrogens is 605 g/mol. The molecule has 2 aromatic carbocycles. The van der Waals surface area contributed by atoms with Gasteiger partial charge in [-0.25, -0.2) is 9.78 Å². The number of carbonyl (C=O) groups is 1. The van der Waals surface area contributed by atoms with E-state index in [2.05, 4.69) is 72.1 Å². The molecule has 2 amide bonds. The van der Waals surface area contributed by atoms with Crippen molar-refractivity contribution < 1.29 is 9.53 Å². The average Bonchev–Trinajstić information content (AvgIpc) is 3.71. The third-order valence-electron chi connectivity index (χ3n) is 7.35. The van der Waals surface area contributed by atoms with E-state index >= 15 is 0 Å². The molecule has 47 heavy (non-hydrogen) atoms. The van der Waals surface area contributed by atoms with E-state index in [9.17, 15) is 4.79 Å². The summed E-state index contributed by atoms with van der Waals surface area (Å²) in [6.45, 7) is 20.2. The molecule has 0 radical (unpaired) electrons. The van der Waals surface area contributed by atoms with Crippen LogP contribution in [0, 0.1) is 6.92 Å². The highest BCUT2D eigenvalue weighted by Gasteiger charge is 2.19. The molecule has 0 bridgehead atoms. The third kappa shape index (κ3) is 13.7. The molecule has 3 aromatic rings. The second-order valence-electron chi connectivity index (χ2n) is 11.3. The fraction of sp³-hybridized carbons (Fsp3) is 0.447. The molecule has 4 N–H and O–H groups in total. The van der Waals surface area contributed by atoms with E-state index in [-0.39, 0.29) is 6.03 Å². The SMILES string of the molecule is C=C(C)c1cccc(OC)c1.CC.CCCCN(CCCC)CCCNC(=O)Nc1nc(N)c(C2=NC(c3cccc(C)c3)=CC2)s1. The molecule has 0 saturated carbocycles. The number of anilines is 2. The number of nitrogen functional groups attached to an aromatic ring is 1. The molecule has 1 aromatic heterocycles. The largest absolute Gasteiger partial charge is 0.497 e. The molecular formula is C38H56N6O2S. The van der Waals surface area contributed by atoms with E-state index in [0.717, 1.165) is 64.8 Å². The van der Waals surface area contributed by atoms with Gasteiger partial charge in [-0.3, -0.25) is 10.3 Å². The second-order valence-corrected chi connectivity index (χ2v) is 12.2. The Bertz CT molecular complexity index is 1450. The summed E-state index contributed by atoms with van der Waals surface area (Å²) in [4.78, 5) is 24.8. The maximum atomic E-state index is 12.4. The number of urea groups is 1. The van der Waals surface area contributed by atoms with Crippen molar-refractivity contribution in [3.05, 3.63) is 82.8 Å². The summed E-state index contributed by atoms with van der Waals surface area (Å²) in [5.41, 5.74) is 12.5. The Balaban J connectivity index is 0.000000496. The number of aromatic nitrogens is 1. The van der Waals surface area contributed by atoms with Gasteiger partial charge in [0.15, 0.2) is 5.13 Å². The summed E-state index contributed by atoms with van der Waals surface area (Å²) < 4.78 is 5.06. The Morgan fingerprint density at radius 3 is 2.36 bits per heavy atom. The van der Waals surface area contributed by atoms with Crippen molar-refractivity contribution in [2.45, 2.75) is 80.1 Å². The Kier molecular flexibility index (Phi) is 18.2. The minimum absolute atomic E-state index is 0.249. The van der Waals surface area contributed by atoms with Gasteiger partial charge in [0, 0.05) is 18.5 Å².